The maximum atomic E-state index is 14.5. The van der Waals surface area contributed by atoms with Crippen LogP contribution in [0.3, 0.4) is 0 Å². The molecule has 0 aromatic heterocycles. The van der Waals surface area contributed by atoms with Gasteiger partial charge in [-0.25, -0.2) is 8.42 Å². The molecular weight excluding hydrogens is 777 g/mol. The number of hydrogen-bond donors (Lipinski definition) is 4. The minimum absolute atomic E-state index is 0.0724. The molecule has 1 heterocycles. The molecule has 2 aromatic carbocycles. The van der Waals surface area contributed by atoms with Gasteiger partial charge in [0, 0.05) is 55.9 Å². The SMILES string of the molecule is CCCCCCCCCS(=O)(=O)C[C@@H](CO)C(=O)N(C)[C@@H]1C(=O)C[C@@H](C)C(=O)N[C@H](C(=O)C[C@@H](C)C(C)=O)Cc2ccc(OCCN)c(c2)-c2cc1ccc2OCCN. The van der Waals surface area contributed by atoms with Gasteiger partial charge in [-0.2, -0.15) is 0 Å². The second kappa shape index (κ2) is 24.2. The second-order valence-corrected chi connectivity index (χ2v) is 18.1. The number of unbranched alkanes of at least 4 members (excludes halogenated alkanes) is 6. The van der Waals surface area contributed by atoms with Gasteiger partial charge in [-0.05, 0) is 55.2 Å². The van der Waals surface area contributed by atoms with Gasteiger partial charge >= 0.3 is 0 Å². The first kappa shape index (κ1) is 49.2. The Morgan fingerprint density at radius 3 is 2.10 bits per heavy atom. The van der Waals surface area contributed by atoms with E-state index in [0.29, 0.717) is 40.2 Å². The summed E-state index contributed by atoms with van der Waals surface area (Å²) in [5, 5.41) is 13.2. The Labute approximate surface area is 350 Å². The van der Waals surface area contributed by atoms with Crippen LogP contribution in [0.15, 0.2) is 36.4 Å². The van der Waals surface area contributed by atoms with Crippen LogP contribution in [0, 0.1) is 17.8 Å². The molecule has 4 bridgehead atoms. The third kappa shape index (κ3) is 14.8. The van der Waals surface area contributed by atoms with E-state index in [4.69, 9.17) is 20.9 Å². The number of nitrogens with zero attached hydrogens (tertiary/aromatic N) is 1. The van der Waals surface area contributed by atoms with Crippen LogP contribution in [0.2, 0.25) is 0 Å². The summed E-state index contributed by atoms with van der Waals surface area (Å²) in [7, 11) is -2.37. The van der Waals surface area contributed by atoms with E-state index in [1.165, 1.54) is 14.0 Å². The van der Waals surface area contributed by atoms with Gasteiger partial charge in [0.2, 0.25) is 11.8 Å². The first-order valence-electron chi connectivity index (χ1n) is 20.9. The van der Waals surface area contributed by atoms with Gasteiger partial charge < -0.3 is 36.3 Å². The van der Waals surface area contributed by atoms with Crippen LogP contribution in [0.25, 0.3) is 11.1 Å². The molecule has 5 atom stereocenters. The van der Waals surface area contributed by atoms with Crippen LogP contribution in [0.5, 0.6) is 11.5 Å². The Kier molecular flexibility index (Phi) is 20.1. The summed E-state index contributed by atoms with van der Waals surface area (Å²) in [5.41, 5.74) is 13.6. The fourth-order valence-electron chi connectivity index (χ4n) is 7.23. The van der Waals surface area contributed by atoms with Crippen LogP contribution in [-0.2, 0) is 40.2 Å². The van der Waals surface area contributed by atoms with Crippen molar-refractivity contribution in [2.45, 2.75) is 104 Å². The minimum atomic E-state index is -3.75. The van der Waals surface area contributed by atoms with E-state index in [9.17, 15) is 37.5 Å². The number of ketones is 3. The number of nitrogens with one attached hydrogen (secondary N) is 1. The lowest BCUT2D eigenvalue weighted by Gasteiger charge is -2.32. The Balaban J connectivity index is 2.14. The molecule has 2 amide bonds. The molecule has 0 fully saturated rings. The summed E-state index contributed by atoms with van der Waals surface area (Å²) < 4.78 is 38.6. The van der Waals surface area contributed by atoms with Gasteiger partial charge in [0.05, 0.1) is 30.1 Å². The zero-order valence-electron chi connectivity index (χ0n) is 35.5. The average molecular weight is 843 g/mol. The number of hydrogen-bond acceptors (Lipinski definition) is 12. The lowest BCUT2D eigenvalue weighted by Crippen LogP contribution is -2.46. The standard InChI is InChI=1S/C44H66N4O10S/c1-6-7-8-9-10-11-12-21-59(55,56)28-34(27-49)44(54)48(5)42-33-14-16-41(58-20-18-46)36(26-33)35-24-32(13-15-40(35)57-19-17-45)25-37(38(51)22-29(2)31(4)50)47-43(53)30(3)23-39(42)52/h13-16,24,26,29-30,34,37,42,49H,6-12,17-23,25,27-28,45-46H2,1-5H3,(H,47,53)/t29-,30-,34-,37+,42+/m1/s1. The number of benzene rings is 2. The average Bonchev–Trinajstić information content (AvgIpc) is 3.20. The predicted octanol–water partition coefficient (Wildman–Crippen LogP) is 4.12. The van der Waals surface area contributed by atoms with Crippen molar-refractivity contribution in [3.05, 3.63) is 47.5 Å². The second-order valence-electron chi connectivity index (χ2n) is 15.8. The molecule has 15 heteroatoms. The maximum Gasteiger partial charge on any atom is 0.229 e. The van der Waals surface area contributed by atoms with Crippen molar-refractivity contribution in [2.75, 3.05) is 51.5 Å². The first-order valence-corrected chi connectivity index (χ1v) is 22.8. The summed E-state index contributed by atoms with van der Waals surface area (Å²) in [6.45, 7) is 6.66. The van der Waals surface area contributed by atoms with E-state index in [1.807, 2.05) is 0 Å². The van der Waals surface area contributed by atoms with E-state index in [1.54, 1.807) is 50.2 Å². The normalized spacial score (nSPS) is 18.3. The van der Waals surface area contributed by atoms with Gasteiger partial charge in [0.1, 0.15) is 36.5 Å². The zero-order valence-corrected chi connectivity index (χ0v) is 36.3. The summed E-state index contributed by atoms with van der Waals surface area (Å²) in [5.74, 6) is -5.19. The highest BCUT2D eigenvalue weighted by Crippen LogP contribution is 2.40. The lowest BCUT2D eigenvalue weighted by atomic mass is 9.88. The van der Waals surface area contributed by atoms with E-state index < -0.39 is 69.6 Å². The third-order valence-electron chi connectivity index (χ3n) is 10.8. The van der Waals surface area contributed by atoms with Crippen molar-refractivity contribution >= 4 is 39.0 Å². The number of nitrogens with two attached hydrogens (primary N) is 2. The fourth-order valence-corrected chi connectivity index (χ4v) is 8.90. The quantitative estimate of drug-likeness (QED) is 0.116. The third-order valence-corrected chi connectivity index (χ3v) is 12.7. The van der Waals surface area contributed by atoms with Crippen molar-refractivity contribution in [2.24, 2.45) is 29.2 Å². The number of aliphatic hydroxyl groups excluding tert-OH is 1. The minimum Gasteiger partial charge on any atom is -0.492 e. The Hall–Kier alpha value is -4.18. The molecule has 0 unspecified atom stereocenters. The summed E-state index contributed by atoms with van der Waals surface area (Å²) >= 11 is 0. The molecule has 14 nitrogen and oxygen atoms in total. The topological polar surface area (TPSA) is 225 Å². The van der Waals surface area contributed by atoms with Gasteiger partial charge in [0.15, 0.2) is 21.4 Å². The molecule has 0 saturated carbocycles. The molecule has 1 aliphatic rings. The Morgan fingerprint density at radius 2 is 1.51 bits per heavy atom. The van der Waals surface area contributed by atoms with Gasteiger partial charge in [0.25, 0.3) is 0 Å². The van der Waals surface area contributed by atoms with E-state index in [2.05, 4.69) is 12.2 Å². The highest BCUT2D eigenvalue weighted by Gasteiger charge is 2.37. The number of Topliss-reactive ketones (excluding diaryl/α,β-unsaturated/α-hetero) is 3. The van der Waals surface area contributed by atoms with Gasteiger partial charge in [-0.3, -0.25) is 24.0 Å². The molecule has 0 radical (unpaired) electrons. The van der Waals surface area contributed by atoms with E-state index in [-0.39, 0.29) is 62.9 Å². The van der Waals surface area contributed by atoms with Crippen LogP contribution in [-0.4, -0.2) is 105 Å². The van der Waals surface area contributed by atoms with Crippen molar-refractivity contribution in [3.8, 4) is 22.6 Å². The smallest absolute Gasteiger partial charge is 0.229 e. The molecule has 0 saturated heterocycles. The lowest BCUT2D eigenvalue weighted by molar-refractivity contribution is -0.142. The van der Waals surface area contributed by atoms with Gasteiger partial charge in [-0.15, -0.1) is 0 Å². The van der Waals surface area contributed by atoms with Crippen molar-refractivity contribution < 1.29 is 47.0 Å². The molecule has 328 valence electrons. The maximum absolute atomic E-state index is 14.5. The highest BCUT2D eigenvalue weighted by atomic mass is 32.2. The highest BCUT2D eigenvalue weighted by molar-refractivity contribution is 7.91. The monoisotopic (exact) mass is 842 g/mol. The number of carbonyl (C=O) groups excluding carboxylic acids is 5. The van der Waals surface area contributed by atoms with Crippen LogP contribution in [0.4, 0.5) is 0 Å². The number of fused-ring (bicyclic) bond motifs is 5. The molecule has 0 aliphatic carbocycles. The summed E-state index contributed by atoms with van der Waals surface area (Å²) in [6, 6.07) is 7.86. The summed E-state index contributed by atoms with van der Waals surface area (Å²) in [6.07, 6.45) is 6.09. The molecule has 59 heavy (non-hydrogen) atoms. The van der Waals surface area contributed by atoms with Crippen molar-refractivity contribution in [1.82, 2.24) is 10.2 Å². The van der Waals surface area contributed by atoms with Crippen LogP contribution < -0.4 is 26.3 Å². The predicted molar refractivity (Wildman–Crippen MR) is 228 cm³/mol. The number of rotatable bonds is 23. The fraction of sp³-hybridized carbons (Fsp3) is 0.614. The molecule has 3 rings (SSSR count). The first-order chi connectivity index (χ1) is 28.1. The largest absolute Gasteiger partial charge is 0.492 e. The zero-order chi connectivity index (χ0) is 43.7. The van der Waals surface area contributed by atoms with Crippen LogP contribution in [0.1, 0.15) is 103 Å². The summed E-state index contributed by atoms with van der Waals surface area (Å²) in [4.78, 5) is 69.4. The van der Waals surface area contributed by atoms with Crippen LogP contribution >= 0.6 is 0 Å². The molecule has 2 aromatic rings. The number of likely N-dealkylation sites (N-methyl/N-ethyl adjacent to an activating group) is 1. The Morgan fingerprint density at radius 1 is 0.915 bits per heavy atom. The number of ether oxygens (including phenoxy) is 2. The number of amides is 2. The van der Waals surface area contributed by atoms with E-state index in [0.717, 1.165) is 43.4 Å². The molecular formula is C44H66N4O10S. The van der Waals surface area contributed by atoms with E-state index >= 15 is 0 Å². The number of carbonyl (C=O) groups is 5. The number of sulfone groups is 1. The Bertz CT molecular complexity index is 1850. The van der Waals surface area contributed by atoms with Crippen molar-refractivity contribution in [1.29, 1.82) is 0 Å². The molecule has 1 aliphatic heterocycles. The molecule has 6 N–H and O–H groups in total. The van der Waals surface area contributed by atoms with Gasteiger partial charge in [-0.1, -0.05) is 71.4 Å². The number of aliphatic hydroxyl groups is 1. The van der Waals surface area contributed by atoms with Crippen molar-refractivity contribution in [3.63, 3.8) is 0 Å². The molecule has 0 spiro atoms.